The summed E-state index contributed by atoms with van der Waals surface area (Å²) < 4.78 is 33.9. The molecule has 2 N–H and O–H groups in total. The summed E-state index contributed by atoms with van der Waals surface area (Å²) in [5.41, 5.74) is 2.22. The minimum atomic E-state index is -4.17. The fourth-order valence-corrected chi connectivity index (χ4v) is 5.95. The molecular formula is C24H25N3O7S. The van der Waals surface area contributed by atoms with Crippen LogP contribution >= 0.6 is 0 Å². The van der Waals surface area contributed by atoms with E-state index in [0.29, 0.717) is 12.1 Å². The molecule has 1 atom stereocenters. The quantitative estimate of drug-likeness (QED) is 0.275. The lowest BCUT2D eigenvalue weighted by molar-refractivity contribution is -0.384. The van der Waals surface area contributed by atoms with Crippen molar-refractivity contribution in [3.05, 3.63) is 81.6 Å². The number of carbonyl (C=O) groups excluding carboxylic acids is 1. The third-order valence-electron chi connectivity index (χ3n) is 5.99. The number of nitrogens with zero attached hydrogens (tertiary/aromatic N) is 2. The first-order chi connectivity index (χ1) is 16.8. The number of hydrogen-bond donors (Lipinski definition) is 2. The maximum Gasteiger partial charge on any atom is 0.335 e. The molecule has 2 aromatic carbocycles. The molecule has 0 spiro atoms. The second-order valence-electron chi connectivity index (χ2n) is 8.04. The molecule has 0 radical (unpaired) electrons. The van der Waals surface area contributed by atoms with Gasteiger partial charge in [0.25, 0.3) is 5.69 Å². The normalized spacial score (nSPS) is 16.7. The van der Waals surface area contributed by atoms with Gasteiger partial charge in [-0.05, 0) is 43.5 Å². The van der Waals surface area contributed by atoms with E-state index in [2.05, 4.69) is 4.98 Å². The highest BCUT2D eigenvalue weighted by atomic mass is 32.2. The molecule has 0 aliphatic carbocycles. The van der Waals surface area contributed by atoms with E-state index in [1.54, 1.807) is 13.0 Å². The molecule has 0 amide bonds. The van der Waals surface area contributed by atoms with E-state index < -0.39 is 27.0 Å². The number of ether oxygens (including phenoxy) is 1. The number of aromatic amines is 1. The third kappa shape index (κ3) is 4.70. The number of nitro benzene ring substituents is 1. The Labute approximate surface area is 202 Å². The van der Waals surface area contributed by atoms with Gasteiger partial charge in [0, 0.05) is 47.5 Å². The molecule has 3 aromatic rings. The number of aliphatic hydroxyl groups excluding tert-OH is 1. The number of H-pyrrole nitrogens is 1. The lowest BCUT2D eigenvalue weighted by Crippen LogP contribution is -2.40. The zero-order chi connectivity index (χ0) is 25.2. The first-order valence-electron chi connectivity index (χ1n) is 11.1. The number of sulfonamides is 1. The zero-order valence-electron chi connectivity index (χ0n) is 19.0. The van der Waals surface area contributed by atoms with E-state index in [4.69, 9.17) is 4.74 Å². The molecule has 1 unspecified atom stereocenters. The second-order valence-corrected chi connectivity index (χ2v) is 9.93. The Morgan fingerprint density at radius 3 is 2.60 bits per heavy atom. The molecule has 184 valence electrons. The van der Waals surface area contributed by atoms with E-state index in [9.17, 15) is 28.4 Å². The SMILES string of the molecule is CCOC(=O)C1=CCC(c2[nH]c3ccccc3c2CCO)N(S(=O)(=O)c2ccc([N+](=O)[O-])cc2)C1. The summed E-state index contributed by atoms with van der Waals surface area (Å²) in [5.74, 6) is -0.595. The maximum absolute atomic E-state index is 13.8. The number of carbonyl (C=O) groups is 1. The molecule has 1 aromatic heterocycles. The Morgan fingerprint density at radius 2 is 1.94 bits per heavy atom. The van der Waals surface area contributed by atoms with Crippen molar-refractivity contribution in [1.82, 2.24) is 9.29 Å². The Bertz CT molecular complexity index is 1390. The summed E-state index contributed by atoms with van der Waals surface area (Å²) >= 11 is 0. The Hall–Kier alpha value is -3.54. The van der Waals surface area contributed by atoms with Crippen molar-refractivity contribution in [2.45, 2.75) is 30.7 Å². The number of rotatable bonds is 8. The van der Waals surface area contributed by atoms with Crippen LogP contribution in [0.3, 0.4) is 0 Å². The van der Waals surface area contributed by atoms with Gasteiger partial charge in [0.05, 0.1) is 22.5 Å². The van der Waals surface area contributed by atoms with Gasteiger partial charge < -0.3 is 14.8 Å². The van der Waals surface area contributed by atoms with Crippen molar-refractivity contribution < 1.29 is 28.0 Å². The molecule has 1 aliphatic rings. The average molecular weight is 500 g/mol. The van der Waals surface area contributed by atoms with Gasteiger partial charge in [0.1, 0.15) is 0 Å². The summed E-state index contributed by atoms with van der Waals surface area (Å²) in [5, 5.41) is 21.6. The van der Waals surface area contributed by atoms with Gasteiger partial charge in [-0.15, -0.1) is 0 Å². The van der Waals surface area contributed by atoms with E-state index in [-0.39, 0.29) is 42.3 Å². The molecule has 35 heavy (non-hydrogen) atoms. The number of aromatic nitrogens is 1. The van der Waals surface area contributed by atoms with Gasteiger partial charge in [-0.25, -0.2) is 13.2 Å². The second kappa shape index (κ2) is 9.98. The smallest absolute Gasteiger partial charge is 0.335 e. The highest BCUT2D eigenvalue weighted by Crippen LogP contribution is 2.39. The van der Waals surface area contributed by atoms with E-state index in [1.165, 1.54) is 16.4 Å². The number of benzene rings is 2. The van der Waals surface area contributed by atoms with Gasteiger partial charge in [0.15, 0.2) is 0 Å². The third-order valence-corrected chi connectivity index (χ3v) is 7.86. The van der Waals surface area contributed by atoms with Crippen LogP contribution < -0.4 is 0 Å². The van der Waals surface area contributed by atoms with Crippen LogP contribution in [0.25, 0.3) is 10.9 Å². The number of hydrogen-bond acceptors (Lipinski definition) is 7. The topological polar surface area (TPSA) is 143 Å². The van der Waals surface area contributed by atoms with Crippen molar-refractivity contribution in [3.8, 4) is 0 Å². The van der Waals surface area contributed by atoms with Crippen LogP contribution in [0.5, 0.6) is 0 Å². The monoisotopic (exact) mass is 499 g/mol. The summed E-state index contributed by atoms with van der Waals surface area (Å²) in [6, 6.07) is 11.4. The highest BCUT2D eigenvalue weighted by molar-refractivity contribution is 7.89. The lowest BCUT2D eigenvalue weighted by Gasteiger charge is -2.34. The molecule has 4 rings (SSSR count). The van der Waals surface area contributed by atoms with Gasteiger partial charge >= 0.3 is 5.97 Å². The minimum absolute atomic E-state index is 0.124. The fraction of sp³-hybridized carbons (Fsp3) is 0.292. The molecule has 1 aliphatic heterocycles. The van der Waals surface area contributed by atoms with Crippen molar-refractivity contribution in [2.24, 2.45) is 0 Å². The number of para-hydroxylation sites is 1. The van der Waals surface area contributed by atoms with E-state index in [0.717, 1.165) is 28.6 Å². The molecule has 10 nitrogen and oxygen atoms in total. The number of nitrogens with one attached hydrogen (secondary N) is 1. The van der Waals surface area contributed by atoms with Crippen LogP contribution in [0.4, 0.5) is 5.69 Å². The molecular weight excluding hydrogens is 474 g/mol. The van der Waals surface area contributed by atoms with Crippen LogP contribution in [0.15, 0.2) is 65.1 Å². The largest absolute Gasteiger partial charge is 0.463 e. The Kier molecular flexibility index (Phi) is 7.01. The molecule has 0 saturated heterocycles. The predicted octanol–water partition coefficient (Wildman–Crippen LogP) is 3.24. The number of non-ortho nitro benzene ring substituents is 1. The zero-order valence-corrected chi connectivity index (χ0v) is 19.8. The van der Waals surface area contributed by atoms with Gasteiger partial charge in [-0.1, -0.05) is 24.3 Å². The standard InChI is InChI=1S/C24H25N3O7S/c1-2-34-24(29)16-7-12-22(23-20(13-14-28)19-5-3-4-6-21(19)25-23)26(15-16)35(32,33)18-10-8-17(9-11-18)27(30)31/h3-11,22,25,28H,2,12-15H2,1H3. The maximum atomic E-state index is 13.8. The highest BCUT2D eigenvalue weighted by Gasteiger charge is 2.39. The van der Waals surface area contributed by atoms with Crippen molar-refractivity contribution >= 4 is 32.6 Å². The summed E-state index contributed by atoms with van der Waals surface area (Å²) in [6.07, 6.45) is 2.19. The first kappa shape index (κ1) is 24.6. The summed E-state index contributed by atoms with van der Waals surface area (Å²) in [6.45, 7) is 1.47. The Morgan fingerprint density at radius 1 is 1.23 bits per heavy atom. The first-order valence-corrected chi connectivity index (χ1v) is 12.5. The van der Waals surface area contributed by atoms with Crippen molar-refractivity contribution in [3.63, 3.8) is 0 Å². The molecule has 0 bridgehead atoms. The molecule has 11 heteroatoms. The predicted molar refractivity (Wildman–Crippen MR) is 128 cm³/mol. The average Bonchev–Trinajstić information content (AvgIpc) is 3.22. The summed E-state index contributed by atoms with van der Waals surface area (Å²) in [4.78, 5) is 26.1. The number of aliphatic hydroxyl groups is 1. The van der Waals surface area contributed by atoms with Gasteiger partial charge in [0.2, 0.25) is 10.0 Å². The lowest BCUT2D eigenvalue weighted by atomic mass is 9.97. The Balaban J connectivity index is 1.83. The number of fused-ring (bicyclic) bond motifs is 1. The van der Waals surface area contributed by atoms with E-state index in [1.807, 2.05) is 24.3 Å². The van der Waals surface area contributed by atoms with Gasteiger partial charge in [-0.3, -0.25) is 10.1 Å². The van der Waals surface area contributed by atoms with E-state index >= 15 is 0 Å². The van der Waals surface area contributed by atoms with Crippen molar-refractivity contribution in [2.75, 3.05) is 19.8 Å². The minimum Gasteiger partial charge on any atom is -0.463 e. The van der Waals surface area contributed by atoms with Crippen LogP contribution in [0.2, 0.25) is 0 Å². The molecule has 0 saturated carbocycles. The molecule has 0 fully saturated rings. The van der Waals surface area contributed by atoms with Crippen LogP contribution in [0, 0.1) is 10.1 Å². The number of nitro groups is 1. The summed E-state index contributed by atoms with van der Waals surface area (Å²) in [7, 11) is -4.17. The van der Waals surface area contributed by atoms with Crippen LogP contribution in [-0.2, 0) is 26.0 Å². The van der Waals surface area contributed by atoms with Crippen LogP contribution in [-0.4, -0.2) is 53.5 Å². The number of esters is 1. The fourth-order valence-electron chi connectivity index (χ4n) is 4.36. The van der Waals surface area contributed by atoms with Crippen molar-refractivity contribution in [1.29, 1.82) is 0 Å². The molecule has 2 heterocycles. The van der Waals surface area contributed by atoms with Gasteiger partial charge in [-0.2, -0.15) is 4.31 Å². The van der Waals surface area contributed by atoms with Crippen LogP contribution in [0.1, 0.15) is 30.6 Å².